The van der Waals surface area contributed by atoms with Gasteiger partial charge in [-0.2, -0.15) is 5.10 Å². The van der Waals surface area contributed by atoms with Crippen molar-refractivity contribution in [3.05, 3.63) is 48.0 Å². The van der Waals surface area contributed by atoms with Crippen LogP contribution in [0.4, 0.5) is 4.39 Å². The Labute approximate surface area is 135 Å². The van der Waals surface area contributed by atoms with Gasteiger partial charge in [-0.3, -0.25) is 4.90 Å². The van der Waals surface area contributed by atoms with E-state index < -0.39 is 0 Å². The molecular weight excluding hydrogens is 293 g/mol. The summed E-state index contributed by atoms with van der Waals surface area (Å²) in [5.74, 6) is -0.190. The van der Waals surface area contributed by atoms with E-state index in [1.54, 1.807) is 12.3 Å². The van der Waals surface area contributed by atoms with Crippen molar-refractivity contribution in [1.29, 1.82) is 0 Å². The van der Waals surface area contributed by atoms with E-state index in [0.29, 0.717) is 12.1 Å². The normalized spacial score (nSPS) is 25.3. The molecule has 2 heterocycles. The number of morpholine rings is 1. The lowest BCUT2D eigenvalue weighted by Gasteiger charge is -2.44. The van der Waals surface area contributed by atoms with Crippen LogP contribution in [0.1, 0.15) is 31.2 Å². The second-order valence-electron chi connectivity index (χ2n) is 6.46. The van der Waals surface area contributed by atoms with Crippen molar-refractivity contribution in [3.8, 4) is 5.69 Å². The molecule has 1 saturated carbocycles. The lowest BCUT2D eigenvalue weighted by atomic mass is 9.90. The molecule has 2 fully saturated rings. The van der Waals surface area contributed by atoms with Crippen LogP contribution >= 0.6 is 0 Å². The number of fused-ring (bicyclic) bond motifs is 1. The molecule has 1 aromatic heterocycles. The molecule has 4 nitrogen and oxygen atoms in total. The summed E-state index contributed by atoms with van der Waals surface area (Å²) in [5.41, 5.74) is 1.94. The molecular formula is C18H22FN3O. The molecule has 1 aliphatic carbocycles. The minimum atomic E-state index is -0.190. The Morgan fingerprint density at radius 1 is 1.26 bits per heavy atom. The first-order valence-corrected chi connectivity index (χ1v) is 8.45. The van der Waals surface area contributed by atoms with Crippen LogP contribution in [0, 0.1) is 5.82 Å². The van der Waals surface area contributed by atoms with E-state index in [4.69, 9.17) is 4.74 Å². The highest BCUT2D eigenvalue weighted by molar-refractivity contribution is 5.40. The van der Waals surface area contributed by atoms with E-state index in [2.05, 4.69) is 10.00 Å². The van der Waals surface area contributed by atoms with Crippen molar-refractivity contribution in [2.24, 2.45) is 0 Å². The number of ether oxygens (including phenoxy) is 1. The molecule has 0 unspecified atom stereocenters. The number of rotatable bonds is 3. The van der Waals surface area contributed by atoms with E-state index in [9.17, 15) is 4.39 Å². The van der Waals surface area contributed by atoms with Gasteiger partial charge in [0.1, 0.15) is 5.82 Å². The molecule has 0 spiro atoms. The molecule has 0 radical (unpaired) electrons. The summed E-state index contributed by atoms with van der Waals surface area (Å²) in [4.78, 5) is 2.47. The molecule has 0 amide bonds. The highest BCUT2D eigenvalue weighted by atomic mass is 19.1. The van der Waals surface area contributed by atoms with Crippen LogP contribution in [-0.4, -0.2) is 40.0 Å². The molecule has 23 heavy (non-hydrogen) atoms. The fraction of sp³-hybridized carbons (Fsp3) is 0.500. The fourth-order valence-corrected chi connectivity index (χ4v) is 3.91. The third-order valence-electron chi connectivity index (χ3n) is 5.01. The monoisotopic (exact) mass is 315 g/mol. The van der Waals surface area contributed by atoms with E-state index in [0.717, 1.165) is 37.4 Å². The van der Waals surface area contributed by atoms with Crippen LogP contribution < -0.4 is 0 Å². The van der Waals surface area contributed by atoms with Gasteiger partial charge in [0.15, 0.2) is 0 Å². The molecule has 2 aliphatic rings. The number of aromatic nitrogens is 2. The van der Waals surface area contributed by atoms with E-state index in [1.807, 2.05) is 23.0 Å². The van der Waals surface area contributed by atoms with Gasteiger partial charge in [-0.25, -0.2) is 9.07 Å². The largest absolute Gasteiger partial charge is 0.375 e. The van der Waals surface area contributed by atoms with Crippen LogP contribution in [-0.2, 0) is 11.3 Å². The third-order valence-corrected chi connectivity index (χ3v) is 5.01. The van der Waals surface area contributed by atoms with Gasteiger partial charge in [-0.1, -0.05) is 12.8 Å². The Hall–Kier alpha value is -1.72. The summed E-state index contributed by atoms with van der Waals surface area (Å²) in [6, 6.07) is 7.31. The number of benzene rings is 1. The van der Waals surface area contributed by atoms with Gasteiger partial charge in [0.2, 0.25) is 0 Å². The topological polar surface area (TPSA) is 30.3 Å². The van der Waals surface area contributed by atoms with Gasteiger partial charge >= 0.3 is 0 Å². The fourth-order valence-electron chi connectivity index (χ4n) is 3.91. The van der Waals surface area contributed by atoms with Crippen LogP contribution in [0.15, 0.2) is 36.7 Å². The Kier molecular flexibility index (Phi) is 4.14. The molecule has 1 aliphatic heterocycles. The molecule has 0 N–H and O–H groups in total. The zero-order chi connectivity index (χ0) is 15.6. The van der Waals surface area contributed by atoms with Crippen LogP contribution in [0.2, 0.25) is 0 Å². The summed E-state index contributed by atoms with van der Waals surface area (Å²) >= 11 is 0. The van der Waals surface area contributed by atoms with Crippen LogP contribution in [0.5, 0.6) is 0 Å². The van der Waals surface area contributed by atoms with Crippen molar-refractivity contribution < 1.29 is 9.13 Å². The minimum absolute atomic E-state index is 0.190. The molecule has 2 aromatic rings. The average molecular weight is 315 g/mol. The van der Waals surface area contributed by atoms with Crippen molar-refractivity contribution in [2.45, 2.75) is 44.4 Å². The second kappa shape index (κ2) is 6.42. The zero-order valence-electron chi connectivity index (χ0n) is 13.2. The maximum atomic E-state index is 13.8. The SMILES string of the molecule is Fc1ccc(-n2cccn2)c(CN2CCO[C@@H]3CCCC[C@H]32)c1. The molecule has 2 atom stereocenters. The van der Waals surface area contributed by atoms with Gasteiger partial charge < -0.3 is 4.74 Å². The summed E-state index contributed by atoms with van der Waals surface area (Å²) in [5, 5.41) is 4.30. The van der Waals surface area contributed by atoms with E-state index in [1.165, 1.54) is 25.3 Å². The summed E-state index contributed by atoms with van der Waals surface area (Å²) in [7, 11) is 0. The lowest BCUT2D eigenvalue weighted by molar-refractivity contribution is -0.0911. The van der Waals surface area contributed by atoms with Gasteiger partial charge in [0.25, 0.3) is 0 Å². The third kappa shape index (κ3) is 3.03. The van der Waals surface area contributed by atoms with Gasteiger partial charge in [0, 0.05) is 31.5 Å². The molecule has 0 bridgehead atoms. The first-order valence-electron chi connectivity index (χ1n) is 8.45. The Morgan fingerprint density at radius 3 is 3.04 bits per heavy atom. The highest BCUT2D eigenvalue weighted by Gasteiger charge is 2.34. The zero-order valence-corrected chi connectivity index (χ0v) is 13.2. The van der Waals surface area contributed by atoms with E-state index >= 15 is 0 Å². The Bertz CT molecular complexity index is 656. The smallest absolute Gasteiger partial charge is 0.123 e. The van der Waals surface area contributed by atoms with Crippen molar-refractivity contribution in [3.63, 3.8) is 0 Å². The highest BCUT2D eigenvalue weighted by Crippen LogP contribution is 2.30. The molecule has 1 aromatic carbocycles. The van der Waals surface area contributed by atoms with Crippen molar-refractivity contribution in [2.75, 3.05) is 13.2 Å². The quantitative estimate of drug-likeness (QED) is 0.871. The first kappa shape index (κ1) is 14.8. The first-order chi connectivity index (χ1) is 11.3. The predicted octanol–water partition coefficient (Wildman–Crippen LogP) is 3.15. The summed E-state index contributed by atoms with van der Waals surface area (Å²) in [6.07, 6.45) is 8.84. The lowest BCUT2D eigenvalue weighted by Crippen LogP contribution is -2.52. The van der Waals surface area contributed by atoms with E-state index in [-0.39, 0.29) is 5.82 Å². The summed E-state index contributed by atoms with van der Waals surface area (Å²) < 4.78 is 21.6. The number of nitrogens with zero attached hydrogens (tertiary/aromatic N) is 3. The van der Waals surface area contributed by atoms with Gasteiger partial charge in [-0.15, -0.1) is 0 Å². The molecule has 4 rings (SSSR count). The van der Waals surface area contributed by atoms with Gasteiger partial charge in [-0.05, 0) is 42.7 Å². The number of hydrogen-bond donors (Lipinski definition) is 0. The van der Waals surface area contributed by atoms with Crippen molar-refractivity contribution >= 4 is 0 Å². The molecule has 1 saturated heterocycles. The summed E-state index contributed by atoms with van der Waals surface area (Å²) in [6.45, 7) is 2.43. The second-order valence-corrected chi connectivity index (χ2v) is 6.46. The standard InChI is InChI=1S/C18H22FN3O/c19-15-6-7-16(22-9-3-8-20-22)14(12-15)13-21-10-11-23-18-5-2-1-4-17(18)21/h3,6-9,12,17-18H,1-2,4-5,10-11,13H2/t17-,18-/m1/s1. The Morgan fingerprint density at radius 2 is 2.17 bits per heavy atom. The molecule has 5 heteroatoms. The number of halogens is 1. The maximum Gasteiger partial charge on any atom is 0.123 e. The number of hydrogen-bond acceptors (Lipinski definition) is 3. The minimum Gasteiger partial charge on any atom is -0.375 e. The van der Waals surface area contributed by atoms with Crippen LogP contribution in [0.25, 0.3) is 5.69 Å². The van der Waals surface area contributed by atoms with Crippen molar-refractivity contribution in [1.82, 2.24) is 14.7 Å². The van der Waals surface area contributed by atoms with Crippen LogP contribution in [0.3, 0.4) is 0 Å². The Balaban J connectivity index is 1.61. The molecule has 122 valence electrons. The maximum absolute atomic E-state index is 13.8. The predicted molar refractivity (Wildman–Crippen MR) is 85.9 cm³/mol. The van der Waals surface area contributed by atoms with Gasteiger partial charge in [0.05, 0.1) is 18.4 Å². The average Bonchev–Trinajstić information content (AvgIpc) is 3.10.